The Bertz CT molecular complexity index is 442. The average molecular weight is 331 g/mol. The van der Waals surface area contributed by atoms with Crippen molar-refractivity contribution in [2.45, 2.75) is 52.6 Å². The topological polar surface area (TPSA) is 15.3 Å². The molecule has 0 aromatic heterocycles. The Kier molecular flexibility index (Phi) is 7.49. The van der Waals surface area contributed by atoms with E-state index in [2.05, 4.69) is 50.9 Å². The van der Waals surface area contributed by atoms with E-state index in [-0.39, 0.29) is 11.6 Å². The van der Waals surface area contributed by atoms with Crippen LogP contribution < -0.4 is 5.32 Å². The molecule has 21 heavy (non-hydrogen) atoms. The van der Waals surface area contributed by atoms with Gasteiger partial charge >= 0.3 is 0 Å². The monoisotopic (exact) mass is 330 g/mol. The van der Waals surface area contributed by atoms with Gasteiger partial charge in [-0.3, -0.25) is 4.90 Å². The molecule has 0 bridgehead atoms. The normalized spacial score (nSPS) is 13.7. The van der Waals surface area contributed by atoms with Crippen molar-refractivity contribution in [1.29, 1.82) is 0 Å². The first kappa shape index (κ1) is 18.8. The van der Waals surface area contributed by atoms with Crippen molar-refractivity contribution >= 4 is 23.2 Å². The van der Waals surface area contributed by atoms with Gasteiger partial charge < -0.3 is 5.32 Å². The molecule has 1 atom stereocenters. The zero-order valence-corrected chi connectivity index (χ0v) is 15.4. The third kappa shape index (κ3) is 4.35. The first-order chi connectivity index (χ1) is 9.89. The first-order valence-electron chi connectivity index (χ1n) is 7.82. The van der Waals surface area contributed by atoms with Gasteiger partial charge in [-0.05, 0) is 51.5 Å². The van der Waals surface area contributed by atoms with Crippen molar-refractivity contribution in [3.05, 3.63) is 33.8 Å². The summed E-state index contributed by atoms with van der Waals surface area (Å²) >= 11 is 12.7. The van der Waals surface area contributed by atoms with Gasteiger partial charge in [0.15, 0.2) is 0 Å². The standard InChI is InChI=1S/C17H28Cl2N2/c1-6-12-20-16(17(4,5)21(7-2)8-3)13-10-9-11-14(18)15(13)19/h9-11,16,20H,6-8,12H2,1-5H3. The number of hydrogen-bond acceptors (Lipinski definition) is 2. The highest BCUT2D eigenvalue weighted by molar-refractivity contribution is 6.42. The molecule has 0 aliphatic carbocycles. The molecule has 0 saturated heterocycles. The van der Waals surface area contributed by atoms with Crippen LogP contribution in [0.2, 0.25) is 10.0 Å². The van der Waals surface area contributed by atoms with E-state index in [1.807, 2.05) is 12.1 Å². The summed E-state index contributed by atoms with van der Waals surface area (Å²) in [6.07, 6.45) is 1.09. The van der Waals surface area contributed by atoms with Crippen LogP contribution in [-0.4, -0.2) is 30.1 Å². The third-order valence-corrected chi connectivity index (χ3v) is 5.01. The van der Waals surface area contributed by atoms with E-state index < -0.39 is 0 Å². The second-order valence-electron chi connectivity index (χ2n) is 5.86. The largest absolute Gasteiger partial charge is 0.308 e. The van der Waals surface area contributed by atoms with Crippen molar-refractivity contribution in [1.82, 2.24) is 10.2 Å². The molecule has 0 fully saturated rings. The SMILES string of the molecule is CCCNC(c1cccc(Cl)c1Cl)C(C)(C)N(CC)CC. The number of hydrogen-bond donors (Lipinski definition) is 1. The molecule has 120 valence electrons. The maximum absolute atomic E-state index is 6.47. The van der Waals surface area contributed by atoms with E-state index in [0.717, 1.165) is 31.6 Å². The number of nitrogens with one attached hydrogen (secondary N) is 1. The Hall–Kier alpha value is -0.280. The minimum Gasteiger partial charge on any atom is -0.308 e. The van der Waals surface area contributed by atoms with Crippen LogP contribution in [0.4, 0.5) is 0 Å². The van der Waals surface area contributed by atoms with Gasteiger partial charge in [-0.2, -0.15) is 0 Å². The highest BCUT2D eigenvalue weighted by Crippen LogP contribution is 2.37. The first-order valence-corrected chi connectivity index (χ1v) is 8.57. The van der Waals surface area contributed by atoms with Gasteiger partial charge in [0.25, 0.3) is 0 Å². The lowest BCUT2D eigenvalue weighted by atomic mass is 9.86. The Balaban J connectivity index is 3.24. The smallest absolute Gasteiger partial charge is 0.0640 e. The zero-order chi connectivity index (χ0) is 16.0. The Labute approximate surface area is 139 Å². The summed E-state index contributed by atoms with van der Waals surface area (Å²) < 4.78 is 0. The number of nitrogens with zero attached hydrogens (tertiary/aromatic N) is 1. The van der Waals surface area contributed by atoms with Crippen molar-refractivity contribution in [2.75, 3.05) is 19.6 Å². The molecular weight excluding hydrogens is 303 g/mol. The van der Waals surface area contributed by atoms with Gasteiger partial charge in [0.2, 0.25) is 0 Å². The summed E-state index contributed by atoms with van der Waals surface area (Å²) in [4.78, 5) is 2.46. The van der Waals surface area contributed by atoms with E-state index in [1.54, 1.807) is 0 Å². The van der Waals surface area contributed by atoms with E-state index in [4.69, 9.17) is 23.2 Å². The van der Waals surface area contributed by atoms with Crippen molar-refractivity contribution in [2.24, 2.45) is 0 Å². The van der Waals surface area contributed by atoms with Crippen LogP contribution in [0.5, 0.6) is 0 Å². The van der Waals surface area contributed by atoms with Crippen LogP contribution in [0.25, 0.3) is 0 Å². The molecule has 0 spiro atoms. The fourth-order valence-electron chi connectivity index (χ4n) is 2.99. The van der Waals surface area contributed by atoms with Crippen LogP contribution in [0.15, 0.2) is 18.2 Å². The van der Waals surface area contributed by atoms with E-state index in [1.165, 1.54) is 0 Å². The van der Waals surface area contributed by atoms with Crippen LogP contribution in [0.3, 0.4) is 0 Å². The fourth-order valence-corrected chi connectivity index (χ4v) is 3.41. The molecule has 0 aliphatic heterocycles. The molecule has 1 aromatic rings. The minimum absolute atomic E-state index is 0.0486. The Morgan fingerprint density at radius 3 is 2.29 bits per heavy atom. The number of halogens is 2. The third-order valence-electron chi connectivity index (χ3n) is 4.18. The highest BCUT2D eigenvalue weighted by Gasteiger charge is 2.36. The lowest BCUT2D eigenvalue weighted by Gasteiger charge is -2.44. The van der Waals surface area contributed by atoms with E-state index in [9.17, 15) is 0 Å². The Morgan fingerprint density at radius 1 is 1.14 bits per heavy atom. The molecule has 0 saturated carbocycles. The predicted molar refractivity (Wildman–Crippen MR) is 94.5 cm³/mol. The molecule has 1 unspecified atom stereocenters. The summed E-state index contributed by atoms with van der Waals surface area (Å²) in [5.41, 5.74) is 1.03. The van der Waals surface area contributed by atoms with Gasteiger partial charge in [0.05, 0.1) is 16.1 Å². The van der Waals surface area contributed by atoms with Crippen LogP contribution in [0, 0.1) is 0 Å². The lowest BCUT2D eigenvalue weighted by molar-refractivity contribution is 0.0912. The van der Waals surface area contributed by atoms with Gasteiger partial charge in [-0.1, -0.05) is 56.1 Å². The number of likely N-dealkylation sites (N-methyl/N-ethyl adjacent to an activating group) is 1. The summed E-state index contributed by atoms with van der Waals surface area (Å²) in [6, 6.07) is 6.03. The van der Waals surface area contributed by atoms with Crippen molar-refractivity contribution in [3.8, 4) is 0 Å². The molecule has 1 N–H and O–H groups in total. The molecule has 0 radical (unpaired) electrons. The molecule has 0 amide bonds. The van der Waals surface area contributed by atoms with Crippen molar-refractivity contribution < 1.29 is 0 Å². The summed E-state index contributed by atoms with van der Waals surface area (Å²) in [6.45, 7) is 14.1. The summed E-state index contributed by atoms with van der Waals surface area (Å²) in [5, 5.41) is 4.94. The second kappa shape index (κ2) is 8.38. The van der Waals surface area contributed by atoms with Crippen molar-refractivity contribution in [3.63, 3.8) is 0 Å². The molecule has 2 nitrogen and oxygen atoms in total. The van der Waals surface area contributed by atoms with Crippen LogP contribution in [0.1, 0.15) is 52.6 Å². The van der Waals surface area contributed by atoms with E-state index >= 15 is 0 Å². The van der Waals surface area contributed by atoms with Gasteiger partial charge in [-0.25, -0.2) is 0 Å². The van der Waals surface area contributed by atoms with Crippen LogP contribution in [-0.2, 0) is 0 Å². The maximum atomic E-state index is 6.47. The van der Waals surface area contributed by atoms with Gasteiger partial charge in [-0.15, -0.1) is 0 Å². The van der Waals surface area contributed by atoms with Crippen LogP contribution >= 0.6 is 23.2 Å². The molecular formula is C17H28Cl2N2. The highest BCUT2D eigenvalue weighted by atomic mass is 35.5. The summed E-state index contributed by atoms with van der Waals surface area (Å²) in [7, 11) is 0. The molecule has 0 aliphatic rings. The summed E-state index contributed by atoms with van der Waals surface area (Å²) in [5.74, 6) is 0. The predicted octanol–water partition coefficient (Wildman–Crippen LogP) is 5.15. The van der Waals surface area contributed by atoms with Gasteiger partial charge in [0.1, 0.15) is 0 Å². The Morgan fingerprint density at radius 2 is 1.76 bits per heavy atom. The molecule has 1 aromatic carbocycles. The molecule has 1 rings (SSSR count). The quantitative estimate of drug-likeness (QED) is 0.708. The number of benzene rings is 1. The lowest BCUT2D eigenvalue weighted by Crippen LogP contribution is -2.52. The number of rotatable bonds is 8. The zero-order valence-electron chi connectivity index (χ0n) is 13.8. The molecule has 4 heteroatoms. The molecule has 0 heterocycles. The second-order valence-corrected chi connectivity index (χ2v) is 6.64. The average Bonchev–Trinajstić information content (AvgIpc) is 2.44. The van der Waals surface area contributed by atoms with E-state index in [0.29, 0.717) is 10.0 Å². The maximum Gasteiger partial charge on any atom is 0.0640 e. The minimum atomic E-state index is -0.0486. The van der Waals surface area contributed by atoms with Gasteiger partial charge in [0, 0.05) is 5.54 Å². The fraction of sp³-hybridized carbons (Fsp3) is 0.647.